The van der Waals surface area contributed by atoms with Crippen LogP contribution in [0.5, 0.6) is 0 Å². The Kier molecular flexibility index (Phi) is 4.69. The van der Waals surface area contributed by atoms with Gasteiger partial charge >= 0.3 is 0 Å². The quantitative estimate of drug-likeness (QED) is 0.716. The van der Waals surface area contributed by atoms with Gasteiger partial charge in [-0.2, -0.15) is 0 Å². The van der Waals surface area contributed by atoms with Gasteiger partial charge in [-0.05, 0) is 64.0 Å². The van der Waals surface area contributed by atoms with E-state index in [1.54, 1.807) is 0 Å². The molecule has 1 heterocycles. The lowest BCUT2D eigenvalue weighted by atomic mass is 10.1. The number of allylic oxidation sites excluding steroid dienone is 5. The van der Waals surface area contributed by atoms with Crippen LogP contribution in [0.2, 0.25) is 0 Å². The van der Waals surface area contributed by atoms with Crippen LogP contribution in [-0.2, 0) is 0 Å². The highest BCUT2D eigenvalue weighted by molar-refractivity contribution is 5.75. The van der Waals surface area contributed by atoms with Crippen molar-refractivity contribution in [3.05, 3.63) is 64.5 Å². The van der Waals surface area contributed by atoms with Crippen LogP contribution in [-0.4, -0.2) is 9.97 Å². The van der Waals surface area contributed by atoms with E-state index in [0.717, 1.165) is 16.7 Å². The summed E-state index contributed by atoms with van der Waals surface area (Å²) < 4.78 is 0. The molecule has 0 N–H and O–H groups in total. The predicted molar refractivity (Wildman–Crippen MR) is 91.1 cm³/mol. The second kappa shape index (κ2) is 6.49. The molecule has 0 saturated carbocycles. The zero-order valence-corrected chi connectivity index (χ0v) is 13.4. The molecule has 0 aliphatic heterocycles. The highest BCUT2D eigenvalue weighted by Crippen LogP contribution is 2.15. The standard InChI is InChI=1S/C19H22N2/c1-13(2)10-16(14(3)4)7-8-17-12-20-19-11-15(5)6-9-18(19)21-17/h6-12H,1-5H3/b8-7+. The molecule has 0 aliphatic rings. The number of aryl methyl sites for hydroxylation is 1. The number of hydrogen-bond acceptors (Lipinski definition) is 2. The van der Waals surface area contributed by atoms with Crippen LogP contribution >= 0.6 is 0 Å². The third-order valence-corrected chi connectivity index (χ3v) is 3.17. The largest absolute Gasteiger partial charge is 0.252 e. The average molecular weight is 278 g/mol. The van der Waals surface area contributed by atoms with E-state index >= 15 is 0 Å². The van der Waals surface area contributed by atoms with Crippen molar-refractivity contribution in [3.8, 4) is 0 Å². The van der Waals surface area contributed by atoms with Crippen LogP contribution in [0.25, 0.3) is 17.1 Å². The van der Waals surface area contributed by atoms with E-state index in [2.05, 4.69) is 68.9 Å². The van der Waals surface area contributed by atoms with E-state index in [1.165, 1.54) is 22.3 Å². The number of rotatable bonds is 3. The number of aromatic nitrogens is 2. The molecule has 0 radical (unpaired) electrons. The molecule has 0 amide bonds. The monoisotopic (exact) mass is 278 g/mol. The van der Waals surface area contributed by atoms with Gasteiger partial charge in [0, 0.05) is 0 Å². The summed E-state index contributed by atoms with van der Waals surface area (Å²) in [6.45, 7) is 10.5. The summed E-state index contributed by atoms with van der Waals surface area (Å²) in [6.07, 6.45) is 8.13. The van der Waals surface area contributed by atoms with Gasteiger partial charge in [0.25, 0.3) is 0 Å². The molecule has 0 aliphatic carbocycles. The zero-order valence-electron chi connectivity index (χ0n) is 13.4. The van der Waals surface area contributed by atoms with Gasteiger partial charge in [-0.1, -0.05) is 29.4 Å². The van der Waals surface area contributed by atoms with Crippen LogP contribution in [0, 0.1) is 6.92 Å². The van der Waals surface area contributed by atoms with Crippen molar-refractivity contribution >= 4 is 17.1 Å². The first-order chi connectivity index (χ1) is 9.95. The molecular formula is C19H22N2. The topological polar surface area (TPSA) is 25.8 Å². The van der Waals surface area contributed by atoms with Crippen molar-refractivity contribution < 1.29 is 0 Å². The van der Waals surface area contributed by atoms with E-state index in [-0.39, 0.29) is 0 Å². The molecule has 108 valence electrons. The maximum atomic E-state index is 4.63. The SMILES string of the molecule is CC(C)=CC(/C=C/c1cnc2cc(C)ccc2n1)=C(C)C. The highest BCUT2D eigenvalue weighted by atomic mass is 14.8. The van der Waals surface area contributed by atoms with Crippen molar-refractivity contribution in [2.24, 2.45) is 0 Å². The van der Waals surface area contributed by atoms with E-state index in [9.17, 15) is 0 Å². The lowest BCUT2D eigenvalue weighted by Gasteiger charge is -2.02. The summed E-state index contributed by atoms with van der Waals surface area (Å²) in [6, 6.07) is 6.14. The Hall–Kier alpha value is -2.22. The first kappa shape index (κ1) is 15.2. The van der Waals surface area contributed by atoms with Gasteiger partial charge < -0.3 is 0 Å². The van der Waals surface area contributed by atoms with Crippen molar-refractivity contribution in [1.29, 1.82) is 0 Å². The minimum atomic E-state index is 0.882. The maximum absolute atomic E-state index is 4.63. The first-order valence-corrected chi connectivity index (χ1v) is 7.19. The van der Waals surface area contributed by atoms with Crippen LogP contribution in [0.3, 0.4) is 0 Å². The fourth-order valence-electron chi connectivity index (χ4n) is 2.06. The Bertz CT molecular complexity index is 741. The molecule has 1 aromatic heterocycles. The lowest BCUT2D eigenvalue weighted by Crippen LogP contribution is -1.88. The Balaban J connectivity index is 2.35. The maximum Gasteiger partial charge on any atom is 0.0894 e. The molecule has 21 heavy (non-hydrogen) atoms. The van der Waals surface area contributed by atoms with Crippen molar-refractivity contribution in [2.45, 2.75) is 34.6 Å². The molecular weight excluding hydrogens is 256 g/mol. The molecule has 2 nitrogen and oxygen atoms in total. The zero-order chi connectivity index (χ0) is 15.4. The van der Waals surface area contributed by atoms with Crippen molar-refractivity contribution in [2.75, 3.05) is 0 Å². The minimum absolute atomic E-state index is 0.882. The summed E-state index contributed by atoms with van der Waals surface area (Å²) in [5.74, 6) is 0. The van der Waals surface area contributed by atoms with Gasteiger partial charge in [-0.15, -0.1) is 0 Å². The van der Waals surface area contributed by atoms with Crippen molar-refractivity contribution in [1.82, 2.24) is 9.97 Å². The van der Waals surface area contributed by atoms with Crippen LogP contribution < -0.4 is 0 Å². The molecule has 2 heteroatoms. The molecule has 2 rings (SSSR count). The molecule has 0 spiro atoms. The predicted octanol–water partition coefficient (Wildman–Crippen LogP) is 5.25. The lowest BCUT2D eigenvalue weighted by molar-refractivity contribution is 1.25. The van der Waals surface area contributed by atoms with E-state index in [0.29, 0.717) is 0 Å². The third-order valence-electron chi connectivity index (χ3n) is 3.17. The molecule has 0 fully saturated rings. The van der Waals surface area contributed by atoms with Crippen molar-refractivity contribution in [3.63, 3.8) is 0 Å². The second-order valence-corrected chi connectivity index (χ2v) is 5.80. The minimum Gasteiger partial charge on any atom is -0.252 e. The highest BCUT2D eigenvalue weighted by Gasteiger charge is 1.98. The Morgan fingerprint density at radius 3 is 2.48 bits per heavy atom. The molecule has 0 bridgehead atoms. The molecule has 0 saturated heterocycles. The van der Waals surface area contributed by atoms with Crippen LogP contribution in [0.1, 0.15) is 39.0 Å². The average Bonchev–Trinajstić information content (AvgIpc) is 2.42. The number of benzene rings is 1. The summed E-state index contributed by atoms with van der Waals surface area (Å²) in [7, 11) is 0. The van der Waals surface area contributed by atoms with E-state index in [1.807, 2.05) is 18.3 Å². The Morgan fingerprint density at radius 1 is 1.05 bits per heavy atom. The van der Waals surface area contributed by atoms with Gasteiger partial charge in [-0.3, -0.25) is 4.98 Å². The summed E-state index contributed by atoms with van der Waals surface area (Å²) in [5, 5.41) is 0. The second-order valence-electron chi connectivity index (χ2n) is 5.80. The number of nitrogens with zero attached hydrogens (tertiary/aromatic N) is 2. The molecule has 2 aromatic rings. The van der Waals surface area contributed by atoms with Crippen LogP contribution in [0.15, 0.2) is 53.3 Å². The van der Waals surface area contributed by atoms with Gasteiger partial charge in [0.05, 0.1) is 22.9 Å². The normalized spacial score (nSPS) is 10.9. The summed E-state index contributed by atoms with van der Waals surface area (Å²) >= 11 is 0. The smallest absolute Gasteiger partial charge is 0.0894 e. The Morgan fingerprint density at radius 2 is 1.81 bits per heavy atom. The number of fused-ring (bicyclic) bond motifs is 1. The molecule has 0 atom stereocenters. The first-order valence-electron chi connectivity index (χ1n) is 7.19. The fourth-order valence-corrected chi connectivity index (χ4v) is 2.06. The molecule has 0 unspecified atom stereocenters. The Labute approximate surface area is 126 Å². The van der Waals surface area contributed by atoms with Gasteiger partial charge in [-0.25, -0.2) is 4.98 Å². The van der Waals surface area contributed by atoms with Gasteiger partial charge in [0.15, 0.2) is 0 Å². The van der Waals surface area contributed by atoms with Gasteiger partial charge in [0.1, 0.15) is 0 Å². The molecule has 1 aromatic carbocycles. The summed E-state index contributed by atoms with van der Waals surface area (Å²) in [5.41, 5.74) is 7.76. The summed E-state index contributed by atoms with van der Waals surface area (Å²) in [4.78, 5) is 9.11. The third kappa shape index (κ3) is 4.12. The number of hydrogen-bond donors (Lipinski definition) is 0. The van der Waals surface area contributed by atoms with Crippen LogP contribution in [0.4, 0.5) is 0 Å². The fraction of sp³-hybridized carbons (Fsp3) is 0.263. The van der Waals surface area contributed by atoms with Gasteiger partial charge in [0.2, 0.25) is 0 Å². The van der Waals surface area contributed by atoms with E-state index in [4.69, 9.17) is 0 Å². The van der Waals surface area contributed by atoms with E-state index < -0.39 is 0 Å².